The molecule has 0 atom stereocenters. The fraction of sp³-hybridized carbons (Fsp3) is 0.562. The van der Waals surface area contributed by atoms with Crippen molar-refractivity contribution in [1.29, 1.82) is 0 Å². The van der Waals surface area contributed by atoms with Gasteiger partial charge in [0.25, 0.3) is 0 Å². The first-order valence-corrected chi connectivity index (χ1v) is 7.87. The Hall–Kier alpha value is -1.26. The zero-order valence-corrected chi connectivity index (χ0v) is 13.2. The Morgan fingerprint density at radius 1 is 1.43 bits per heavy atom. The molecule has 1 aromatic rings. The standard InChI is InChI=1S/C16H23ClN2O2/c1-19(12-16(20)18-14-6-2-3-7-14)9-10-21-15-8-4-5-13(17)11-15/h4-5,8,11,14H,2-3,6-7,9-10,12H2,1H3,(H,18,20). The van der Waals surface area contributed by atoms with Gasteiger partial charge >= 0.3 is 0 Å². The first-order chi connectivity index (χ1) is 10.1. The molecule has 4 nitrogen and oxygen atoms in total. The molecular weight excluding hydrogens is 288 g/mol. The van der Waals surface area contributed by atoms with E-state index in [9.17, 15) is 4.79 Å². The third kappa shape index (κ3) is 5.94. The van der Waals surface area contributed by atoms with Gasteiger partial charge in [-0.2, -0.15) is 0 Å². The van der Waals surface area contributed by atoms with E-state index in [1.807, 2.05) is 30.1 Å². The molecule has 0 aromatic heterocycles. The molecule has 1 fully saturated rings. The number of likely N-dealkylation sites (N-methyl/N-ethyl adjacent to an activating group) is 1. The van der Waals surface area contributed by atoms with Gasteiger partial charge in [0.15, 0.2) is 0 Å². The highest BCUT2D eigenvalue weighted by atomic mass is 35.5. The fourth-order valence-corrected chi connectivity index (χ4v) is 2.72. The minimum absolute atomic E-state index is 0.104. The summed E-state index contributed by atoms with van der Waals surface area (Å²) >= 11 is 5.89. The Labute approximate surface area is 131 Å². The predicted molar refractivity (Wildman–Crippen MR) is 84.8 cm³/mol. The van der Waals surface area contributed by atoms with E-state index in [1.165, 1.54) is 12.8 Å². The predicted octanol–water partition coefficient (Wildman–Crippen LogP) is 2.71. The largest absolute Gasteiger partial charge is 0.492 e. The molecule has 21 heavy (non-hydrogen) atoms. The molecule has 5 heteroatoms. The Morgan fingerprint density at radius 2 is 2.19 bits per heavy atom. The zero-order chi connectivity index (χ0) is 15.1. The normalized spacial score (nSPS) is 15.4. The van der Waals surface area contributed by atoms with E-state index in [-0.39, 0.29) is 5.91 Å². The highest BCUT2D eigenvalue weighted by molar-refractivity contribution is 6.30. The van der Waals surface area contributed by atoms with Crippen LogP contribution in [0.5, 0.6) is 5.75 Å². The molecule has 1 aromatic carbocycles. The summed E-state index contributed by atoms with van der Waals surface area (Å²) in [4.78, 5) is 13.8. The van der Waals surface area contributed by atoms with E-state index < -0.39 is 0 Å². The molecule has 1 aliphatic carbocycles. The van der Waals surface area contributed by atoms with E-state index in [1.54, 1.807) is 6.07 Å². The first kappa shape index (κ1) is 16.1. The molecule has 116 valence electrons. The number of nitrogens with one attached hydrogen (secondary N) is 1. The highest BCUT2D eigenvalue weighted by Gasteiger charge is 2.17. The van der Waals surface area contributed by atoms with Gasteiger partial charge in [0.1, 0.15) is 12.4 Å². The van der Waals surface area contributed by atoms with Crippen molar-refractivity contribution < 1.29 is 9.53 Å². The second-order valence-electron chi connectivity index (χ2n) is 5.59. The van der Waals surface area contributed by atoms with Crippen molar-refractivity contribution in [3.05, 3.63) is 29.3 Å². The van der Waals surface area contributed by atoms with Gasteiger partial charge in [-0.1, -0.05) is 30.5 Å². The van der Waals surface area contributed by atoms with Crippen LogP contribution in [-0.4, -0.2) is 43.6 Å². The molecule has 1 amide bonds. The Kier molecular flexibility index (Phi) is 6.33. The van der Waals surface area contributed by atoms with E-state index in [2.05, 4.69) is 5.32 Å². The first-order valence-electron chi connectivity index (χ1n) is 7.50. The van der Waals surface area contributed by atoms with Crippen LogP contribution in [0.3, 0.4) is 0 Å². The van der Waals surface area contributed by atoms with Crippen LogP contribution < -0.4 is 10.1 Å². The summed E-state index contributed by atoms with van der Waals surface area (Å²) in [5.41, 5.74) is 0. The molecule has 1 N–H and O–H groups in total. The van der Waals surface area contributed by atoms with Crippen LogP contribution in [0.1, 0.15) is 25.7 Å². The molecule has 0 aliphatic heterocycles. The minimum atomic E-state index is 0.104. The van der Waals surface area contributed by atoms with Gasteiger partial charge in [0.2, 0.25) is 5.91 Å². The number of rotatable bonds is 7. The maximum Gasteiger partial charge on any atom is 0.234 e. The lowest BCUT2D eigenvalue weighted by molar-refractivity contribution is -0.122. The van der Waals surface area contributed by atoms with Crippen LogP contribution in [0.25, 0.3) is 0 Å². The molecule has 0 bridgehead atoms. The smallest absolute Gasteiger partial charge is 0.234 e. The van der Waals surface area contributed by atoms with Crippen LogP contribution in [0, 0.1) is 0 Å². The molecule has 0 unspecified atom stereocenters. The molecule has 0 heterocycles. The Bertz CT molecular complexity index is 461. The summed E-state index contributed by atoms with van der Waals surface area (Å²) < 4.78 is 5.61. The van der Waals surface area contributed by atoms with E-state index >= 15 is 0 Å². The summed E-state index contributed by atoms with van der Waals surface area (Å²) in [6.07, 6.45) is 4.70. The van der Waals surface area contributed by atoms with Crippen molar-refractivity contribution in [2.45, 2.75) is 31.7 Å². The van der Waals surface area contributed by atoms with Crippen molar-refractivity contribution in [2.75, 3.05) is 26.7 Å². The van der Waals surface area contributed by atoms with E-state index in [4.69, 9.17) is 16.3 Å². The average Bonchev–Trinajstić information content (AvgIpc) is 2.91. The van der Waals surface area contributed by atoms with Crippen LogP contribution >= 0.6 is 11.6 Å². The van der Waals surface area contributed by atoms with Crippen molar-refractivity contribution in [1.82, 2.24) is 10.2 Å². The fourth-order valence-electron chi connectivity index (χ4n) is 2.54. The molecule has 0 radical (unpaired) electrons. The summed E-state index contributed by atoms with van der Waals surface area (Å²) in [6, 6.07) is 7.71. The van der Waals surface area contributed by atoms with Crippen molar-refractivity contribution >= 4 is 17.5 Å². The number of halogens is 1. The van der Waals surface area contributed by atoms with Crippen LogP contribution in [0.15, 0.2) is 24.3 Å². The van der Waals surface area contributed by atoms with Gasteiger partial charge in [0.05, 0.1) is 6.54 Å². The quantitative estimate of drug-likeness (QED) is 0.842. The van der Waals surface area contributed by atoms with E-state index in [0.717, 1.165) is 18.6 Å². The summed E-state index contributed by atoms with van der Waals surface area (Å²) in [6.45, 7) is 1.65. The summed E-state index contributed by atoms with van der Waals surface area (Å²) in [7, 11) is 1.93. The number of ether oxygens (including phenoxy) is 1. The Balaban J connectivity index is 1.62. The van der Waals surface area contributed by atoms with Gasteiger partial charge in [-0.25, -0.2) is 0 Å². The van der Waals surface area contributed by atoms with Crippen molar-refractivity contribution in [2.24, 2.45) is 0 Å². The van der Waals surface area contributed by atoms with Gasteiger partial charge in [-0.05, 0) is 38.1 Å². The van der Waals surface area contributed by atoms with Gasteiger partial charge < -0.3 is 10.1 Å². The van der Waals surface area contributed by atoms with E-state index in [0.29, 0.717) is 30.8 Å². The maximum absolute atomic E-state index is 11.9. The number of amides is 1. The minimum Gasteiger partial charge on any atom is -0.492 e. The second-order valence-corrected chi connectivity index (χ2v) is 6.03. The molecule has 0 spiro atoms. The number of benzene rings is 1. The summed E-state index contributed by atoms with van der Waals surface area (Å²) in [5.74, 6) is 0.860. The SMILES string of the molecule is CN(CCOc1cccc(Cl)c1)CC(=O)NC1CCCC1. The van der Waals surface area contributed by atoms with Crippen LogP contribution in [-0.2, 0) is 4.79 Å². The Morgan fingerprint density at radius 3 is 2.90 bits per heavy atom. The maximum atomic E-state index is 11.9. The topological polar surface area (TPSA) is 41.6 Å². The molecular formula is C16H23ClN2O2. The summed E-state index contributed by atoms with van der Waals surface area (Å²) in [5, 5.41) is 3.75. The lowest BCUT2D eigenvalue weighted by Gasteiger charge is -2.18. The van der Waals surface area contributed by atoms with Crippen molar-refractivity contribution in [3.8, 4) is 5.75 Å². The average molecular weight is 311 g/mol. The number of carbonyl (C=O) groups excluding carboxylic acids is 1. The third-order valence-corrected chi connectivity index (χ3v) is 3.91. The lowest BCUT2D eigenvalue weighted by atomic mass is 10.2. The van der Waals surface area contributed by atoms with Crippen LogP contribution in [0.2, 0.25) is 5.02 Å². The van der Waals surface area contributed by atoms with Crippen LogP contribution in [0.4, 0.5) is 0 Å². The molecule has 1 aliphatic rings. The molecule has 2 rings (SSSR count). The molecule has 1 saturated carbocycles. The lowest BCUT2D eigenvalue weighted by Crippen LogP contribution is -2.40. The highest BCUT2D eigenvalue weighted by Crippen LogP contribution is 2.18. The third-order valence-electron chi connectivity index (χ3n) is 3.67. The molecule has 0 saturated heterocycles. The number of hydrogen-bond acceptors (Lipinski definition) is 3. The van der Waals surface area contributed by atoms with Gasteiger partial charge in [0, 0.05) is 17.6 Å². The van der Waals surface area contributed by atoms with Crippen molar-refractivity contribution in [3.63, 3.8) is 0 Å². The number of carbonyl (C=O) groups is 1. The number of hydrogen-bond donors (Lipinski definition) is 1. The second kappa shape index (κ2) is 8.25. The zero-order valence-electron chi connectivity index (χ0n) is 12.5. The monoisotopic (exact) mass is 310 g/mol. The van der Waals surface area contributed by atoms with Gasteiger partial charge in [-0.15, -0.1) is 0 Å². The number of nitrogens with zero attached hydrogens (tertiary/aromatic N) is 1. The van der Waals surface area contributed by atoms with Gasteiger partial charge in [-0.3, -0.25) is 9.69 Å².